The van der Waals surface area contributed by atoms with Gasteiger partial charge in [0, 0.05) is 24.2 Å². The second kappa shape index (κ2) is 9.50. The molecule has 1 aliphatic heterocycles. The lowest BCUT2D eigenvalue weighted by Crippen LogP contribution is -2.34. The molecule has 6 heteroatoms. The van der Waals surface area contributed by atoms with Crippen LogP contribution in [0.4, 0.5) is 0 Å². The van der Waals surface area contributed by atoms with Crippen molar-refractivity contribution in [3.8, 4) is 23.0 Å². The van der Waals surface area contributed by atoms with Crippen LogP contribution in [0.25, 0.3) is 12.2 Å². The minimum absolute atomic E-state index is 0.0395. The van der Waals surface area contributed by atoms with Crippen LogP contribution in [0.1, 0.15) is 11.1 Å². The molecule has 0 unspecified atom stereocenters. The average Bonchev–Trinajstić information content (AvgIpc) is 2.76. The van der Waals surface area contributed by atoms with E-state index in [1.54, 1.807) is 28.4 Å². The normalized spacial score (nSPS) is 17.3. The Morgan fingerprint density at radius 1 is 0.700 bits per heavy atom. The van der Waals surface area contributed by atoms with Gasteiger partial charge >= 0.3 is 0 Å². The Morgan fingerprint density at radius 3 is 1.47 bits per heavy atom. The molecule has 0 amide bonds. The third-order valence-corrected chi connectivity index (χ3v) is 4.96. The highest BCUT2D eigenvalue weighted by Crippen LogP contribution is 2.31. The number of nitrogens with zero attached hydrogens (tertiary/aromatic N) is 1. The Labute approximate surface area is 177 Å². The summed E-state index contributed by atoms with van der Waals surface area (Å²) in [6.45, 7) is 1.16. The Morgan fingerprint density at radius 2 is 1.10 bits per heavy atom. The topological polar surface area (TPSA) is 57.2 Å². The van der Waals surface area contributed by atoms with Crippen molar-refractivity contribution in [2.45, 2.75) is 0 Å². The molecule has 0 bridgehead atoms. The molecule has 0 spiro atoms. The first-order valence-electron chi connectivity index (χ1n) is 9.57. The smallest absolute Gasteiger partial charge is 0.187 e. The number of likely N-dealkylation sites (tertiary alicyclic amines) is 1. The van der Waals surface area contributed by atoms with E-state index in [2.05, 4.69) is 4.90 Å². The van der Waals surface area contributed by atoms with Crippen LogP contribution in [0.15, 0.2) is 47.5 Å². The van der Waals surface area contributed by atoms with Crippen LogP contribution in [0.3, 0.4) is 0 Å². The first kappa shape index (κ1) is 21.5. The summed E-state index contributed by atoms with van der Waals surface area (Å²) in [5, 5.41) is 0. The van der Waals surface area contributed by atoms with Crippen molar-refractivity contribution in [1.29, 1.82) is 0 Å². The van der Waals surface area contributed by atoms with Gasteiger partial charge in [-0.1, -0.05) is 12.1 Å². The lowest BCUT2D eigenvalue weighted by molar-refractivity contribution is -0.113. The molecule has 0 saturated carbocycles. The highest BCUT2D eigenvalue weighted by atomic mass is 16.5. The van der Waals surface area contributed by atoms with Gasteiger partial charge in [-0.2, -0.15) is 0 Å². The maximum Gasteiger partial charge on any atom is 0.187 e. The number of methoxy groups -OCH3 is 4. The molecule has 1 heterocycles. The van der Waals surface area contributed by atoms with Crippen LogP contribution in [-0.4, -0.2) is 59.3 Å². The quantitative estimate of drug-likeness (QED) is 0.678. The van der Waals surface area contributed by atoms with E-state index in [-0.39, 0.29) is 5.78 Å². The van der Waals surface area contributed by atoms with E-state index in [1.807, 2.05) is 55.6 Å². The fraction of sp³-hybridized carbons (Fsp3) is 0.292. The van der Waals surface area contributed by atoms with Gasteiger partial charge in [-0.3, -0.25) is 9.69 Å². The van der Waals surface area contributed by atoms with Crippen molar-refractivity contribution in [3.63, 3.8) is 0 Å². The molecule has 0 aliphatic carbocycles. The molecule has 0 radical (unpaired) electrons. The standard InChI is InChI=1S/C24H27NO5/c1-25-14-18(10-16-6-8-20(27-2)22(12-16)29-4)24(26)19(15-25)11-17-7-9-21(28-3)23(13-17)30-5/h6-13H,14-15H2,1-5H3. The minimum atomic E-state index is 0.0395. The number of carbonyl (C=O) groups excluding carboxylic acids is 1. The summed E-state index contributed by atoms with van der Waals surface area (Å²) in [4.78, 5) is 15.3. The predicted molar refractivity (Wildman–Crippen MR) is 118 cm³/mol. The Kier molecular flexibility index (Phi) is 6.79. The van der Waals surface area contributed by atoms with E-state index in [4.69, 9.17) is 18.9 Å². The number of piperidine rings is 1. The summed E-state index contributed by atoms with van der Waals surface area (Å²) >= 11 is 0. The van der Waals surface area contributed by atoms with Gasteiger partial charge in [0.05, 0.1) is 28.4 Å². The number of hydrogen-bond donors (Lipinski definition) is 0. The molecule has 2 aromatic carbocycles. The third kappa shape index (κ3) is 4.66. The Bertz CT molecular complexity index is 916. The van der Waals surface area contributed by atoms with Crippen LogP contribution in [-0.2, 0) is 4.79 Å². The summed E-state index contributed by atoms with van der Waals surface area (Å²) in [6.07, 6.45) is 3.81. The van der Waals surface area contributed by atoms with Gasteiger partial charge in [-0.25, -0.2) is 0 Å². The molecule has 1 fully saturated rings. The van der Waals surface area contributed by atoms with Crippen molar-refractivity contribution in [2.24, 2.45) is 0 Å². The lowest BCUT2D eigenvalue weighted by atomic mass is 9.94. The number of rotatable bonds is 6. The highest BCUT2D eigenvalue weighted by molar-refractivity contribution is 6.14. The number of benzene rings is 2. The second-order valence-electron chi connectivity index (χ2n) is 7.07. The monoisotopic (exact) mass is 409 g/mol. The molecular weight excluding hydrogens is 382 g/mol. The molecular formula is C24H27NO5. The van der Waals surface area contributed by atoms with Crippen molar-refractivity contribution in [2.75, 3.05) is 48.6 Å². The first-order chi connectivity index (χ1) is 14.5. The van der Waals surface area contributed by atoms with Gasteiger partial charge in [0.2, 0.25) is 0 Å². The second-order valence-corrected chi connectivity index (χ2v) is 7.07. The van der Waals surface area contributed by atoms with Crippen LogP contribution in [0, 0.1) is 0 Å². The van der Waals surface area contributed by atoms with Gasteiger partial charge in [0.1, 0.15) is 0 Å². The number of ketones is 1. The zero-order chi connectivity index (χ0) is 21.7. The maximum absolute atomic E-state index is 13.2. The summed E-state index contributed by atoms with van der Waals surface area (Å²) < 4.78 is 21.3. The summed E-state index contributed by atoms with van der Waals surface area (Å²) in [5.74, 6) is 2.60. The summed E-state index contributed by atoms with van der Waals surface area (Å²) in [7, 11) is 8.38. The minimum Gasteiger partial charge on any atom is -0.493 e. The molecule has 6 nitrogen and oxygen atoms in total. The summed E-state index contributed by atoms with van der Waals surface area (Å²) in [6, 6.07) is 11.2. The number of Topliss-reactive ketones (excluding diaryl/α,β-unsaturated/α-hetero) is 1. The van der Waals surface area contributed by atoms with E-state index in [0.29, 0.717) is 36.1 Å². The molecule has 30 heavy (non-hydrogen) atoms. The lowest BCUT2D eigenvalue weighted by Gasteiger charge is -2.26. The number of likely N-dealkylation sites (N-methyl/N-ethyl adjacent to an activating group) is 1. The van der Waals surface area contributed by atoms with Crippen LogP contribution >= 0.6 is 0 Å². The Balaban J connectivity index is 1.93. The van der Waals surface area contributed by atoms with Crippen LogP contribution < -0.4 is 18.9 Å². The van der Waals surface area contributed by atoms with Crippen molar-refractivity contribution >= 4 is 17.9 Å². The fourth-order valence-corrected chi connectivity index (χ4v) is 3.50. The molecule has 158 valence electrons. The third-order valence-electron chi connectivity index (χ3n) is 4.96. The van der Waals surface area contributed by atoms with Gasteiger partial charge in [-0.15, -0.1) is 0 Å². The molecule has 1 saturated heterocycles. The maximum atomic E-state index is 13.2. The number of carbonyl (C=O) groups is 1. The van der Waals surface area contributed by atoms with Gasteiger partial charge in [-0.05, 0) is 54.6 Å². The van der Waals surface area contributed by atoms with E-state index < -0.39 is 0 Å². The summed E-state index contributed by atoms with van der Waals surface area (Å²) in [5.41, 5.74) is 3.22. The van der Waals surface area contributed by atoms with Crippen molar-refractivity contribution in [1.82, 2.24) is 4.90 Å². The van der Waals surface area contributed by atoms with E-state index in [1.165, 1.54) is 0 Å². The van der Waals surface area contributed by atoms with Gasteiger partial charge in [0.15, 0.2) is 28.8 Å². The highest BCUT2D eigenvalue weighted by Gasteiger charge is 2.24. The van der Waals surface area contributed by atoms with Crippen LogP contribution in [0.5, 0.6) is 23.0 Å². The number of ether oxygens (including phenoxy) is 4. The molecule has 1 aliphatic rings. The SMILES string of the molecule is COc1ccc(C=C2CN(C)CC(=Cc3ccc(OC)c(OC)c3)C2=O)cc1OC. The van der Waals surface area contributed by atoms with Crippen molar-refractivity contribution < 1.29 is 23.7 Å². The molecule has 2 aromatic rings. The van der Waals surface area contributed by atoms with E-state index >= 15 is 0 Å². The van der Waals surface area contributed by atoms with Gasteiger partial charge < -0.3 is 18.9 Å². The zero-order valence-electron chi connectivity index (χ0n) is 18.0. The van der Waals surface area contributed by atoms with E-state index in [0.717, 1.165) is 22.3 Å². The molecule has 0 atom stereocenters. The Hall–Kier alpha value is -3.25. The molecule has 0 aromatic heterocycles. The average molecular weight is 409 g/mol. The molecule has 3 rings (SSSR count). The predicted octanol–water partition coefficient (Wildman–Crippen LogP) is 3.70. The van der Waals surface area contributed by atoms with Crippen molar-refractivity contribution in [3.05, 3.63) is 58.7 Å². The molecule has 0 N–H and O–H groups in total. The zero-order valence-corrected chi connectivity index (χ0v) is 18.0. The largest absolute Gasteiger partial charge is 0.493 e. The first-order valence-corrected chi connectivity index (χ1v) is 9.57. The van der Waals surface area contributed by atoms with E-state index in [9.17, 15) is 4.79 Å². The fourth-order valence-electron chi connectivity index (χ4n) is 3.50. The van der Waals surface area contributed by atoms with Crippen LogP contribution in [0.2, 0.25) is 0 Å². The number of hydrogen-bond acceptors (Lipinski definition) is 6. The van der Waals surface area contributed by atoms with Gasteiger partial charge in [0.25, 0.3) is 0 Å².